The molecular weight excluding hydrogens is 252 g/mol. The summed E-state index contributed by atoms with van der Waals surface area (Å²) in [6, 6.07) is 9.40. The van der Waals surface area contributed by atoms with Crippen molar-refractivity contribution in [3.05, 3.63) is 47.3 Å². The number of aryl methyl sites for hydroxylation is 2. The van der Waals surface area contributed by atoms with E-state index in [1.807, 2.05) is 51.1 Å². The largest absolute Gasteiger partial charge is 0.399 e. The number of nitrogens with one attached hydrogen (secondary N) is 1. The van der Waals surface area contributed by atoms with Crippen LogP contribution in [0.5, 0.6) is 0 Å². The van der Waals surface area contributed by atoms with Gasteiger partial charge in [0, 0.05) is 11.4 Å². The first-order chi connectivity index (χ1) is 9.45. The standard InChI is InChI=1S/C15H20N4O/c1-10-8-11(2)19(18-10)9-15(20)17-12(3)13-4-6-14(16)7-5-13/h4-8,12H,9,16H2,1-3H3,(H,17,20). The summed E-state index contributed by atoms with van der Waals surface area (Å²) in [6.45, 7) is 6.04. The molecular formula is C15H20N4O. The molecule has 0 saturated heterocycles. The summed E-state index contributed by atoms with van der Waals surface area (Å²) in [4.78, 5) is 12.0. The third-order valence-corrected chi connectivity index (χ3v) is 3.21. The highest BCUT2D eigenvalue weighted by atomic mass is 16.2. The quantitative estimate of drug-likeness (QED) is 0.836. The normalized spacial score (nSPS) is 12.2. The Morgan fingerprint density at radius 2 is 2.00 bits per heavy atom. The van der Waals surface area contributed by atoms with Gasteiger partial charge in [0.1, 0.15) is 6.54 Å². The van der Waals surface area contributed by atoms with E-state index in [0.29, 0.717) is 0 Å². The van der Waals surface area contributed by atoms with Crippen molar-refractivity contribution >= 4 is 11.6 Å². The molecule has 5 heteroatoms. The summed E-state index contributed by atoms with van der Waals surface area (Å²) in [6.07, 6.45) is 0. The zero-order valence-electron chi connectivity index (χ0n) is 12.1. The van der Waals surface area contributed by atoms with Crippen LogP contribution in [0, 0.1) is 13.8 Å². The minimum Gasteiger partial charge on any atom is -0.399 e. The molecule has 1 atom stereocenters. The fraction of sp³-hybridized carbons (Fsp3) is 0.333. The number of carbonyl (C=O) groups is 1. The first-order valence-corrected chi connectivity index (χ1v) is 6.61. The topological polar surface area (TPSA) is 72.9 Å². The zero-order chi connectivity index (χ0) is 14.7. The van der Waals surface area contributed by atoms with E-state index in [-0.39, 0.29) is 18.5 Å². The number of carbonyl (C=O) groups excluding carboxylic acids is 1. The third kappa shape index (κ3) is 3.38. The number of nitrogens with zero attached hydrogens (tertiary/aromatic N) is 2. The molecule has 0 aliphatic rings. The van der Waals surface area contributed by atoms with E-state index in [9.17, 15) is 4.79 Å². The van der Waals surface area contributed by atoms with Crippen LogP contribution in [-0.2, 0) is 11.3 Å². The van der Waals surface area contributed by atoms with E-state index < -0.39 is 0 Å². The van der Waals surface area contributed by atoms with Crippen molar-refractivity contribution in [3.8, 4) is 0 Å². The Labute approximate surface area is 118 Å². The summed E-state index contributed by atoms with van der Waals surface area (Å²) in [7, 11) is 0. The number of benzene rings is 1. The highest BCUT2D eigenvalue weighted by Crippen LogP contribution is 2.14. The number of nitrogens with two attached hydrogens (primary N) is 1. The second kappa shape index (κ2) is 5.77. The Balaban J connectivity index is 1.97. The monoisotopic (exact) mass is 272 g/mol. The molecule has 1 aromatic heterocycles. The van der Waals surface area contributed by atoms with E-state index in [1.54, 1.807) is 4.68 Å². The van der Waals surface area contributed by atoms with Crippen molar-refractivity contribution < 1.29 is 4.79 Å². The van der Waals surface area contributed by atoms with Crippen molar-refractivity contribution in [2.45, 2.75) is 33.4 Å². The van der Waals surface area contributed by atoms with Crippen LogP contribution in [0.15, 0.2) is 30.3 Å². The molecule has 1 unspecified atom stereocenters. The van der Waals surface area contributed by atoms with Crippen LogP contribution in [0.4, 0.5) is 5.69 Å². The SMILES string of the molecule is Cc1cc(C)n(CC(=O)NC(C)c2ccc(N)cc2)n1. The number of nitrogen functional groups attached to an aromatic ring is 1. The van der Waals surface area contributed by atoms with Crippen molar-refractivity contribution in [2.24, 2.45) is 0 Å². The van der Waals surface area contributed by atoms with E-state index in [0.717, 1.165) is 22.6 Å². The van der Waals surface area contributed by atoms with Gasteiger partial charge in [-0.15, -0.1) is 0 Å². The van der Waals surface area contributed by atoms with Crippen molar-refractivity contribution in [2.75, 3.05) is 5.73 Å². The maximum atomic E-state index is 12.0. The fourth-order valence-corrected chi connectivity index (χ4v) is 2.13. The number of anilines is 1. The zero-order valence-corrected chi connectivity index (χ0v) is 12.1. The summed E-state index contributed by atoms with van der Waals surface area (Å²) in [5, 5.41) is 7.24. The molecule has 1 aromatic carbocycles. The highest BCUT2D eigenvalue weighted by Gasteiger charge is 2.11. The van der Waals surface area contributed by atoms with Crippen LogP contribution in [-0.4, -0.2) is 15.7 Å². The van der Waals surface area contributed by atoms with Crippen molar-refractivity contribution in [1.29, 1.82) is 0 Å². The number of rotatable bonds is 4. The minimum atomic E-state index is -0.0555. The third-order valence-electron chi connectivity index (χ3n) is 3.21. The predicted octanol–water partition coefficient (Wildman–Crippen LogP) is 1.96. The van der Waals surface area contributed by atoms with Crippen LogP contribution < -0.4 is 11.1 Å². The van der Waals surface area contributed by atoms with Crippen LogP contribution >= 0.6 is 0 Å². The molecule has 20 heavy (non-hydrogen) atoms. The lowest BCUT2D eigenvalue weighted by atomic mass is 10.1. The summed E-state index contributed by atoms with van der Waals surface area (Å²) in [5.74, 6) is -0.0551. The number of amides is 1. The lowest BCUT2D eigenvalue weighted by Crippen LogP contribution is -2.30. The van der Waals surface area contributed by atoms with Gasteiger partial charge >= 0.3 is 0 Å². The molecule has 0 radical (unpaired) electrons. The average Bonchev–Trinajstić information content (AvgIpc) is 2.68. The minimum absolute atomic E-state index is 0.0551. The molecule has 0 aliphatic carbocycles. The Morgan fingerprint density at radius 1 is 1.35 bits per heavy atom. The molecule has 2 rings (SSSR count). The molecule has 3 N–H and O–H groups in total. The molecule has 106 valence electrons. The first-order valence-electron chi connectivity index (χ1n) is 6.61. The van der Waals surface area contributed by atoms with Gasteiger partial charge in [-0.25, -0.2) is 0 Å². The van der Waals surface area contributed by atoms with E-state index in [2.05, 4.69) is 10.4 Å². The number of hydrogen-bond donors (Lipinski definition) is 2. The molecule has 1 amide bonds. The van der Waals surface area contributed by atoms with Gasteiger partial charge in [0.05, 0.1) is 11.7 Å². The average molecular weight is 272 g/mol. The van der Waals surface area contributed by atoms with Gasteiger partial charge in [-0.2, -0.15) is 5.10 Å². The van der Waals surface area contributed by atoms with Crippen LogP contribution in [0.2, 0.25) is 0 Å². The Morgan fingerprint density at radius 3 is 2.55 bits per heavy atom. The molecule has 0 bridgehead atoms. The molecule has 0 saturated carbocycles. The smallest absolute Gasteiger partial charge is 0.242 e. The van der Waals surface area contributed by atoms with E-state index >= 15 is 0 Å². The second-order valence-corrected chi connectivity index (χ2v) is 5.04. The Bertz CT molecular complexity index is 601. The number of aromatic nitrogens is 2. The molecule has 0 spiro atoms. The maximum Gasteiger partial charge on any atom is 0.242 e. The Hall–Kier alpha value is -2.30. The predicted molar refractivity (Wildman–Crippen MR) is 79.1 cm³/mol. The maximum absolute atomic E-state index is 12.0. The van der Waals surface area contributed by atoms with Crippen LogP contribution in [0.1, 0.15) is 29.9 Å². The molecule has 0 aliphatic heterocycles. The molecule has 0 fully saturated rings. The van der Waals surface area contributed by atoms with E-state index in [4.69, 9.17) is 5.73 Å². The van der Waals surface area contributed by atoms with E-state index in [1.165, 1.54) is 0 Å². The first kappa shape index (κ1) is 14.1. The van der Waals surface area contributed by atoms with Gasteiger partial charge in [-0.1, -0.05) is 12.1 Å². The summed E-state index contributed by atoms with van der Waals surface area (Å²) < 4.78 is 1.71. The summed E-state index contributed by atoms with van der Waals surface area (Å²) in [5.41, 5.74) is 9.30. The summed E-state index contributed by atoms with van der Waals surface area (Å²) >= 11 is 0. The lowest BCUT2D eigenvalue weighted by molar-refractivity contribution is -0.122. The van der Waals surface area contributed by atoms with Gasteiger partial charge in [0.15, 0.2) is 0 Å². The number of hydrogen-bond acceptors (Lipinski definition) is 3. The Kier molecular flexibility index (Phi) is 4.08. The van der Waals surface area contributed by atoms with Gasteiger partial charge < -0.3 is 11.1 Å². The molecule has 5 nitrogen and oxygen atoms in total. The van der Waals surface area contributed by atoms with Gasteiger partial charge in [0.2, 0.25) is 5.91 Å². The highest BCUT2D eigenvalue weighted by molar-refractivity contribution is 5.76. The van der Waals surface area contributed by atoms with Crippen LogP contribution in [0.3, 0.4) is 0 Å². The van der Waals surface area contributed by atoms with Crippen molar-refractivity contribution in [3.63, 3.8) is 0 Å². The van der Waals surface area contributed by atoms with Gasteiger partial charge in [-0.3, -0.25) is 9.48 Å². The molecule has 2 aromatic rings. The molecule has 1 heterocycles. The van der Waals surface area contributed by atoms with Crippen molar-refractivity contribution in [1.82, 2.24) is 15.1 Å². The lowest BCUT2D eigenvalue weighted by Gasteiger charge is -2.15. The van der Waals surface area contributed by atoms with Gasteiger partial charge in [-0.05, 0) is 44.5 Å². The second-order valence-electron chi connectivity index (χ2n) is 5.04. The van der Waals surface area contributed by atoms with Crippen LogP contribution in [0.25, 0.3) is 0 Å². The van der Waals surface area contributed by atoms with Gasteiger partial charge in [0.25, 0.3) is 0 Å². The fourth-order valence-electron chi connectivity index (χ4n) is 2.13.